The quantitative estimate of drug-likeness (QED) is 0.568. The van der Waals surface area contributed by atoms with Crippen LogP contribution in [-0.4, -0.2) is 28.7 Å². The van der Waals surface area contributed by atoms with E-state index in [1.807, 2.05) is 0 Å². The van der Waals surface area contributed by atoms with Crippen LogP contribution in [0.3, 0.4) is 0 Å². The van der Waals surface area contributed by atoms with Crippen molar-refractivity contribution in [1.82, 2.24) is 15.8 Å². The fourth-order valence-electron chi connectivity index (χ4n) is 1.96. The normalized spacial score (nSPS) is 27.1. The highest BCUT2D eigenvalue weighted by Gasteiger charge is 2.24. The predicted octanol–water partition coefficient (Wildman–Crippen LogP) is 1.81. The molecule has 1 saturated heterocycles. The molecule has 2 unspecified atom stereocenters. The lowest BCUT2D eigenvalue weighted by Crippen LogP contribution is -2.56. The number of hydrazine groups is 1. The maximum atomic E-state index is 5.19. The molecule has 86 valence electrons. The first-order valence-corrected chi connectivity index (χ1v) is 5.99. The Balaban J connectivity index is 2.40. The number of thiocarbonyl (C=S) groups is 1. The average molecular weight is 227 g/mol. The summed E-state index contributed by atoms with van der Waals surface area (Å²) in [4.78, 5) is 0. The molecule has 3 nitrogen and oxygen atoms in total. The molecule has 15 heavy (non-hydrogen) atoms. The van der Waals surface area contributed by atoms with Gasteiger partial charge in [-0.3, -0.25) is 5.43 Å². The summed E-state index contributed by atoms with van der Waals surface area (Å²) in [5.74, 6) is 0. The summed E-state index contributed by atoms with van der Waals surface area (Å²) in [6.45, 7) is 8.83. The molecule has 0 amide bonds. The SMILES string of the molecule is C=CCNC(=S)NN1C(C)CCCC1C. The molecule has 0 aromatic carbocycles. The molecule has 0 saturated carbocycles. The third kappa shape index (κ3) is 3.80. The van der Waals surface area contributed by atoms with Gasteiger partial charge in [-0.1, -0.05) is 12.5 Å². The number of nitrogens with zero attached hydrogens (tertiary/aromatic N) is 1. The monoisotopic (exact) mass is 227 g/mol. The van der Waals surface area contributed by atoms with E-state index in [0.29, 0.717) is 23.7 Å². The third-order valence-electron chi connectivity index (χ3n) is 2.83. The minimum atomic E-state index is 0.553. The molecule has 0 radical (unpaired) electrons. The topological polar surface area (TPSA) is 27.3 Å². The van der Waals surface area contributed by atoms with Crippen molar-refractivity contribution in [3.63, 3.8) is 0 Å². The molecule has 1 rings (SSSR count). The Morgan fingerprint density at radius 2 is 2.07 bits per heavy atom. The van der Waals surface area contributed by atoms with E-state index in [1.54, 1.807) is 6.08 Å². The van der Waals surface area contributed by atoms with Crippen LogP contribution in [0.1, 0.15) is 33.1 Å². The van der Waals surface area contributed by atoms with E-state index in [4.69, 9.17) is 12.2 Å². The van der Waals surface area contributed by atoms with Crippen molar-refractivity contribution < 1.29 is 0 Å². The Hall–Kier alpha value is -0.610. The first-order valence-electron chi connectivity index (χ1n) is 5.59. The first-order chi connectivity index (χ1) is 7.15. The number of piperidine rings is 1. The molecular formula is C11H21N3S. The number of rotatable bonds is 3. The summed E-state index contributed by atoms with van der Waals surface area (Å²) in [6.07, 6.45) is 5.59. The molecule has 0 aliphatic carbocycles. The highest BCUT2D eigenvalue weighted by Crippen LogP contribution is 2.19. The summed E-state index contributed by atoms with van der Waals surface area (Å²) in [7, 11) is 0. The lowest BCUT2D eigenvalue weighted by atomic mass is 10.00. The number of hydrogen-bond acceptors (Lipinski definition) is 2. The lowest BCUT2D eigenvalue weighted by molar-refractivity contribution is 0.0737. The summed E-state index contributed by atoms with van der Waals surface area (Å²) < 4.78 is 0. The second-order valence-electron chi connectivity index (χ2n) is 4.15. The van der Waals surface area contributed by atoms with Crippen molar-refractivity contribution >= 4 is 17.3 Å². The van der Waals surface area contributed by atoms with Crippen LogP contribution < -0.4 is 10.7 Å². The van der Waals surface area contributed by atoms with Crippen molar-refractivity contribution in [2.75, 3.05) is 6.54 Å². The summed E-state index contributed by atoms with van der Waals surface area (Å²) in [6, 6.07) is 1.11. The molecule has 2 N–H and O–H groups in total. The molecule has 1 aliphatic rings. The maximum Gasteiger partial charge on any atom is 0.181 e. The Labute approximate surface area is 97.9 Å². The Morgan fingerprint density at radius 1 is 1.47 bits per heavy atom. The van der Waals surface area contributed by atoms with E-state index in [9.17, 15) is 0 Å². The smallest absolute Gasteiger partial charge is 0.181 e. The zero-order valence-corrected chi connectivity index (χ0v) is 10.4. The highest BCUT2D eigenvalue weighted by molar-refractivity contribution is 7.80. The largest absolute Gasteiger partial charge is 0.358 e. The van der Waals surface area contributed by atoms with Crippen molar-refractivity contribution in [3.05, 3.63) is 12.7 Å². The molecule has 2 atom stereocenters. The minimum Gasteiger partial charge on any atom is -0.358 e. The van der Waals surface area contributed by atoms with Gasteiger partial charge in [-0.25, -0.2) is 5.01 Å². The number of nitrogens with one attached hydrogen (secondary N) is 2. The van der Waals surface area contributed by atoms with Crippen LogP contribution in [0.2, 0.25) is 0 Å². The van der Waals surface area contributed by atoms with Gasteiger partial charge in [0.25, 0.3) is 0 Å². The predicted molar refractivity (Wildman–Crippen MR) is 68.5 cm³/mol. The average Bonchev–Trinajstić information content (AvgIpc) is 2.21. The van der Waals surface area contributed by atoms with Crippen molar-refractivity contribution in [2.45, 2.75) is 45.2 Å². The van der Waals surface area contributed by atoms with E-state index in [2.05, 4.69) is 36.2 Å². The molecule has 1 aliphatic heterocycles. The van der Waals surface area contributed by atoms with Crippen molar-refractivity contribution in [1.29, 1.82) is 0 Å². The second-order valence-corrected chi connectivity index (χ2v) is 4.55. The van der Waals surface area contributed by atoms with E-state index in [0.717, 1.165) is 0 Å². The minimum absolute atomic E-state index is 0.553. The molecular weight excluding hydrogens is 206 g/mol. The molecule has 1 heterocycles. The van der Waals surface area contributed by atoms with Gasteiger partial charge in [-0.2, -0.15) is 0 Å². The van der Waals surface area contributed by atoms with Gasteiger partial charge in [-0.05, 0) is 38.9 Å². The Kier molecular flexibility index (Phi) is 5.05. The van der Waals surface area contributed by atoms with Gasteiger partial charge in [-0.15, -0.1) is 6.58 Å². The fraction of sp³-hybridized carbons (Fsp3) is 0.727. The molecule has 0 bridgehead atoms. The van der Waals surface area contributed by atoms with Crippen LogP contribution in [0.5, 0.6) is 0 Å². The Bertz CT molecular complexity index is 220. The van der Waals surface area contributed by atoms with Gasteiger partial charge in [0.2, 0.25) is 0 Å². The first kappa shape index (κ1) is 12.5. The van der Waals surface area contributed by atoms with E-state index in [-0.39, 0.29) is 0 Å². The van der Waals surface area contributed by atoms with Crippen molar-refractivity contribution in [2.24, 2.45) is 0 Å². The van der Waals surface area contributed by atoms with Crippen LogP contribution in [-0.2, 0) is 0 Å². The van der Waals surface area contributed by atoms with E-state index < -0.39 is 0 Å². The summed E-state index contributed by atoms with van der Waals surface area (Å²) in [5.41, 5.74) is 3.26. The molecule has 0 spiro atoms. The molecule has 0 aromatic heterocycles. The fourth-order valence-corrected chi connectivity index (χ4v) is 2.15. The summed E-state index contributed by atoms with van der Waals surface area (Å²) in [5, 5.41) is 6.02. The zero-order chi connectivity index (χ0) is 11.3. The summed E-state index contributed by atoms with van der Waals surface area (Å²) >= 11 is 5.19. The molecule has 4 heteroatoms. The second kappa shape index (κ2) is 6.08. The van der Waals surface area contributed by atoms with Gasteiger partial charge < -0.3 is 5.32 Å². The maximum absolute atomic E-state index is 5.19. The van der Waals surface area contributed by atoms with Crippen LogP contribution in [0.15, 0.2) is 12.7 Å². The van der Waals surface area contributed by atoms with Crippen LogP contribution in [0.4, 0.5) is 0 Å². The van der Waals surface area contributed by atoms with E-state index >= 15 is 0 Å². The molecule has 0 aromatic rings. The third-order valence-corrected chi connectivity index (χ3v) is 3.07. The van der Waals surface area contributed by atoms with Gasteiger partial charge >= 0.3 is 0 Å². The van der Waals surface area contributed by atoms with Gasteiger partial charge in [0.15, 0.2) is 5.11 Å². The highest BCUT2D eigenvalue weighted by atomic mass is 32.1. The van der Waals surface area contributed by atoms with Gasteiger partial charge in [0, 0.05) is 18.6 Å². The van der Waals surface area contributed by atoms with Crippen LogP contribution in [0.25, 0.3) is 0 Å². The van der Waals surface area contributed by atoms with Crippen LogP contribution in [0, 0.1) is 0 Å². The van der Waals surface area contributed by atoms with Gasteiger partial charge in [0.05, 0.1) is 0 Å². The zero-order valence-electron chi connectivity index (χ0n) is 9.62. The standard InChI is InChI=1S/C11H21N3S/c1-4-8-12-11(15)13-14-9(2)6-5-7-10(14)3/h4,9-10H,1,5-8H2,2-3H3,(H2,12,13,15). The van der Waals surface area contributed by atoms with Gasteiger partial charge in [0.1, 0.15) is 0 Å². The van der Waals surface area contributed by atoms with E-state index in [1.165, 1.54) is 19.3 Å². The number of hydrogen-bond donors (Lipinski definition) is 2. The lowest BCUT2D eigenvalue weighted by Gasteiger charge is -2.39. The van der Waals surface area contributed by atoms with Crippen LogP contribution >= 0.6 is 12.2 Å². The van der Waals surface area contributed by atoms with Crippen molar-refractivity contribution in [3.8, 4) is 0 Å². The molecule has 1 fully saturated rings. The Morgan fingerprint density at radius 3 is 2.60 bits per heavy atom.